The van der Waals surface area contributed by atoms with Gasteiger partial charge in [-0.3, -0.25) is 5.41 Å². The van der Waals surface area contributed by atoms with Crippen molar-refractivity contribution in [3.63, 3.8) is 0 Å². The molecular formula is C23H27Cl2N7O. The summed E-state index contributed by atoms with van der Waals surface area (Å²) in [5.41, 5.74) is 8.28. The van der Waals surface area contributed by atoms with E-state index in [1.165, 1.54) is 0 Å². The number of nitrogens with zero attached hydrogens (tertiary/aromatic N) is 5. The Hall–Kier alpha value is -2.42. The molecule has 0 amide bonds. The largest absolute Gasteiger partial charge is 0.387 e. The molecule has 2 aliphatic heterocycles. The first kappa shape index (κ1) is 22.4. The van der Waals surface area contributed by atoms with E-state index in [4.69, 9.17) is 54.1 Å². The van der Waals surface area contributed by atoms with Crippen LogP contribution in [0.5, 0.6) is 0 Å². The van der Waals surface area contributed by atoms with Gasteiger partial charge in [-0.15, -0.1) is 0 Å². The number of anilines is 1. The normalized spacial score (nSPS) is 20.8. The number of amidine groups is 1. The first-order chi connectivity index (χ1) is 15.9. The molecule has 0 aliphatic carbocycles. The van der Waals surface area contributed by atoms with E-state index in [0.29, 0.717) is 33.5 Å². The van der Waals surface area contributed by atoms with Gasteiger partial charge in [-0.25, -0.2) is 14.6 Å². The summed E-state index contributed by atoms with van der Waals surface area (Å²) in [6.07, 6.45) is 6.18. The van der Waals surface area contributed by atoms with Crippen LogP contribution in [0.2, 0.25) is 10.0 Å². The minimum atomic E-state index is -0.262. The van der Waals surface area contributed by atoms with Crippen LogP contribution in [-0.2, 0) is 4.74 Å². The zero-order chi connectivity index (χ0) is 23.2. The van der Waals surface area contributed by atoms with Crippen molar-refractivity contribution in [3.8, 4) is 11.3 Å². The maximum Gasteiger partial charge on any atom is 0.182 e. The Morgan fingerprint density at radius 2 is 2.03 bits per heavy atom. The smallest absolute Gasteiger partial charge is 0.182 e. The fourth-order valence-electron chi connectivity index (χ4n) is 4.54. The van der Waals surface area contributed by atoms with E-state index < -0.39 is 0 Å². The van der Waals surface area contributed by atoms with Gasteiger partial charge in [0.15, 0.2) is 11.9 Å². The minimum Gasteiger partial charge on any atom is -0.387 e. The fraction of sp³-hybridized carbons (Fsp3) is 0.478. The Kier molecular flexibility index (Phi) is 5.93. The fourth-order valence-corrected chi connectivity index (χ4v) is 4.93. The van der Waals surface area contributed by atoms with Gasteiger partial charge in [-0.1, -0.05) is 42.3 Å². The second kappa shape index (κ2) is 8.74. The summed E-state index contributed by atoms with van der Waals surface area (Å²) in [6, 6.07) is 5.50. The molecule has 0 bridgehead atoms. The third-order valence-corrected chi connectivity index (χ3v) is 7.69. The summed E-state index contributed by atoms with van der Waals surface area (Å²) in [4.78, 5) is 12.0. The lowest BCUT2D eigenvalue weighted by Gasteiger charge is -2.38. The highest BCUT2D eigenvalue weighted by Gasteiger charge is 2.34. The van der Waals surface area contributed by atoms with Crippen molar-refractivity contribution in [1.82, 2.24) is 19.7 Å². The lowest BCUT2D eigenvalue weighted by molar-refractivity contribution is -0.0368. The first-order valence-corrected chi connectivity index (χ1v) is 12.0. The second-order valence-corrected chi connectivity index (χ2v) is 9.86. The molecule has 3 aromatic rings. The molecule has 2 aliphatic rings. The predicted molar refractivity (Wildman–Crippen MR) is 131 cm³/mol. The van der Waals surface area contributed by atoms with Crippen LogP contribution >= 0.6 is 23.2 Å². The highest BCUT2D eigenvalue weighted by Crippen LogP contribution is 2.38. The summed E-state index contributed by atoms with van der Waals surface area (Å²) in [5.74, 6) is 1.04. The van der Waals surface area contributed by atoms with Crippen molar-refractivity contribution in [1.29, 1.82) is 5.41 Å². The number of nitrogens with two attached hydrogens (primary N) is 1. The van der Waals surface area contributed by atoms with Crippen LogP contribution in [0, 0.1) is 10.8 Å². The second-order valence-electron chi connectivity index (χ2n) is 9.08. The molecule has 2 saturated heterocycles. The molecule has 0 saturated carbocycles. The van der Waals surface area contributed by atoms with Gasteiger partial charge in [-0.2, -0.15) is 5.10 Å². The van der Waals surface area contributed by atoms with Crippen LogP contribution in [0.4, 0.5) is 5.82 Å². The van der Waals surface area contributed by atoms with E-state index in [1.807, 2.05) is 16.8 Å². The van der Waals surface area contributed by atoms with Gasteiger partial charge >= 0.3 is 0 Å². The van der Waals surface area contributed by atoms with Crippen molar-refractivity contribution in [2.24, 2.45) is 11.1 Å². The number of ether oxygens (including phenoxy) is 1. The van der Waals surface area contributed by atoms with Crippen molar-refractivity contribution in [2.75, 3.05) is 24.6 Å². The Labute approximate surface area is 202 Å². The Morgan fingerprint density at radius 1 is 1.24 bits per heavy atom. The molecule has 10 heteroatoms. The maximum atomic E-state index is 7.91. The van der Waals surface area contributed by atoms with Crippen molar-refractivity contribution in [2.45, 2.75) is 45.3 Å². The van der Waals surface area contributed by atoms with Gasteiger partial charge in [0.25, 0.3) is 0 Å². The molecule has 1 unspecified atom stereocenters. The van der Waals surface area contributed by atoms with Gasteiger partial charge < -0.3 is 15.4 Å². The maximum absolute atomic E-state index is 7.91. The van der Waals surface area contributed by atoms with Crippen LogP contribution in [-0.4, -0.2) is 45.3 Å². The van der Waals surface area contributed by atoms with Crippen molar-refractivity contribution < 1.29 is 4.74 Å². The lowest BCUT2D eigenvalue weighted by atomic mass is 9.79. The SMILES string of the molecule is CC1(C(=N)N)CCN(c2cnc3c(-c4cccc(Cl)c4Cl)nn(C4CCCCO4)c3n2)CC1. The number of aromatic nitrogens is 4. The quantitative estimate of drug-likeness (QED) is 0.394. The van der Waals surface area contributed by atoms with Crippen molar-refractivity contribution in [3.05, 3.63) is 34.4 Å². The van der Waals surface area contributed by atoms with Gasteiger partial charge in [0, 0.05) is 30.7 Å². The zero-order valence-corrected chi connectivity index (χ0v) is 20.0. The highest BCUT2D eigenvalue weighted by molar-refractivity contribution is 6.43. The van der Waals surface area contributed by atoms with Crippen LogP contribution in [0.25, 0.3) is 22.4 Å². The van der Waals surface area contributed by atoms with Crippen LogP contribution in [0.1, 0.15) is 45.3 Å². The first-order valence-electron chi connectivity index (χ1n) is 11.3. The summed E-state index contributed by atoms with van der Waals surface area (Å²) in [7, 11) is 0. The van der Waals surface area contributed by atoms with Crippen LogP contribution in [0.15, 0.2) is 24.4 Å². The summed E-state index contributed by atoms with van der Waals surface area (Å²) >= 11 is 12.8. The summed E-state index contributed by atoms with van der Waals surface area (Å²) in [5, 5.41) is 13.7. The van der Waals surface area contributed by atoms with E-state index >= 15 is 0 Å². The molecule has 2 aromatic heterocycles. The highest BCUT2D eigenvalue weighted by atomic mass is 35.5. The van der Waals surface area contributed by atoms with E-state index in [1.54, 1.807) is 12.3 Å². The molecule has 1 atom stereocenters. The molecule has 4 heterocycles. The lowest BCUT2D eigenvalue weighted by Crippen LogP contribution is -2.45. The molecule has 1 aromatic carbocycles. The molecule has 0 radical (unpaired) electrons. The Morgan fingerprint density at radius 3 is 2.73 bits per heavy atom. The number of hydrogen-bond donors (Lipinski definition) is 2. The summed E-state index contributed by atoms with van der Waals surface area (Å²) < 4.78 is 7.89. The molecule has 0 spiro atoms. The van der Waals surface area contributed by atoms with E-state index in [-0.39, 0.29) is 17.5 Å². The average Bonchev–Trinajstić information content (AvgIpc) is 3.20. The molecule has 8 nitrogen and oxygen atoms in total. The van der Waals surface area contributed by atoms with E-state index in [2.05, 4.69) is 11.8 Å². The molecule has 174 valence electrons. The molecule has 3 N–H and O–H groups in total. The zero-order valence-electron chi connectivity index (χ0n) is 18.5. The molecule has 33 heavy (non-hydrogen) atoms. The number of piperidine rings is 1. The monoisotopic (exact) mass is 487 g/mol. The van der Waals surface area contributed by atoms with Crippen LogP contribution < -0.4 is 10.6 Å². The molecule has 2 fully saturated rings. The number of halogens is 2. The standard InChI is InChI=1S/C23H27Cl2N7O/c1-23(22(26)27)8-10-31(11-9-23)16-13-28-20-19(14-5-4-6-15(24)18(14)25)30-32(21(20)29-16)17-7-2-3-12-33-17/h4-6,13,17H,2-3,7-12H2,1H3,(H3,26,27). The molecular weight excluding hydrogens is 461 g/mol. The van der Waals surface area contributed by atoms with Gasteiger partial charge in [0.2, 0.25) is 0 Å². The predicted octanol–water partition coefficient (Wildman–Crippen LogP) is 5.04. The summed E-state index contributed by atoms with van der Waals surface area (Å²) in [6.45, 7) is 4.27. The Bertz CT molecular complexity index is 1200. The Balaban J connectivity index is 1.57. The third kappa shape index (κ3) is 4.05. The van der Waals surface area contributed by atoms with Crippen molar-refractivity contribution >= 4 is 46.0 Å². The van der Waals surface area contributed by atoms with E-state index in [9.17, 15) is 0 Å². The van der Waals surface area contributed by atoms with Gasteiger partial charge in [0.1, 0.15) is 17.0 Å². The number of fused-ring (bicyclic) bond motifs is 1. The minimum absolute atomic E-state index is 0.195. The number of nitrogens with one attached hydrogen (secondary N) is 1. The molecule has 5 rings (SSSR count). The van der Waals surface area contributed by atoms with Crippen LogP contribution in [0.3, 0.4) is 0 Å². The van der Waals surface area contributed by atoms with Gasteiger partial charge in [-0.05, 0) is 38.2 Å². The average molecular weight is 488 g/mol. The number of hydrogen-bond acceptors (Lipinski definition) is 6. The number of rotatable bonds is 4. The van der Waals surface area contributed by atoms with E-state index in [0.717, 1.165) is 56.6 Å². The van der Waals surface area contributed by atoms with Gasteiger partial charge in [0.05, 0.1) is 22.1 Å². The topological polar surface area (TPSA) is 106 Å². The third-order valence-electron chi connectivity index (χ3n) is 6.87. The number of benzene rings is 1.